The lowest BCUT2D eigenvalue weighted by Crippen LogP contribution is -2.41. The molecule has 5 nitrogen and oxygen atoms in total. The maximum Gasteiger partial charge on any atom is 0.303 e. The molecule has 0 bridgehead atoms. The van der Waals surface area contributed by atoms with E-state index in [9.17, 15) is 9.59 Å². The number of carboxylic acids is 1. The molecular formula is C11H22N2O3. The highest BCUT2D eigenvalue weighted by Gasteiger charge is 2.16. The maximum absolute atomic E-state index is 11.2. The molecular weight excluding hydrogens is 208 g/mol. The van der Waals surface area contributed by atoms with Crippen molar-refractivity contribution in [1.29, 1.82) is 0 Å². The Balaban J connectivity index is 4.10. The van der Waals surface area contributed by atoms with Crippen molar-refractivity contribution in [2.24, 2.45) is 17.6 Å². The first kappa shape index (κ1) is 14.9. The van der Waals surface area contributed by atoms with Crippen molar-refractivity contribution in [2.75, 3.05) is 6.54 Å². The molecule has 0 spiro atoms. The number of carbonyl (C=O) groups is 2. The number of carbonyl (C=O) groups excluding carboxylic acids is 1. The van der Waals surface area contributed by atoms with E-state index in [2.05, 4.69) is 5.32 Å². The minimum Gasteiger partial charge on any atom is -0.481 e. The average Bonchev–Trinajstić information content (AvgIpc) is 2.11. The van der Waals surface area contributed by atoms with Gasteiger partial charge in [-0.2, -0.15) is 0 Å². The molecule has 2 unspecified atom stereocenters. The van der Waals surface area contributed by atoms with Crippen LogP contribution in [0.4, 0.5) is 0 Å². The predicted molar refractivity (Wildman–Crippen MR) is 61.9 cm³/mol. The summed E-state index contributed by atoms with van der Waals surface area (Å²) < 4.78 is 0. The molecule has 4 N–H and O–H groups in total. The Hall–Kier alpha value is -1.10. The van der Waals surface area contributed by atoms with Crippen LogP contribution in [0.1, 0.15) is 33.6 Å². The Morgan fingerprint density at radius 1 is 1.31 bits per heavy atom. The zero-order valence-electron chi connectivity index (χ0n) is 10.2. The van der Waals surface area contributed by atoms with E-state index in [1.807, 2.05) is 13.8 Å². The van der Waals surface area contributed by atoms with E-state index in [1.165, 1.54) is 0 Å². The lowest BCUT2D eigenvalue weighted by atomic mass is 9.94. The van der Waals surface area contributed by atoms with Crippen molar-refractivity contribution in [2.45, 2.75) is 39.7 Å². The molecule has 0 aromatic heterocycles. The third-order valence-corrected chi connectivity index (χ3v) is 2.25. The summed E-state index contributed by atoms with van der Waals surface area (Å²) in [5, 5.41) is 11.4. The molecule has 0 saturated heterocycles. The molecule has 0 radical (unpaired) electrons. The van der Waals surface area contributed by atoms with Crippen LogP contribution in [-0.4, -0.2) is 29.6 Å². The first-order chi connectivity index (χ1) is 7.32. The van der Waals surface area contributed by atoms with Gasteiger partial charge in [-0.05, 0) is 25.2 Å². The van der Waals surface area contributed by atoms with Gasteiger partial charge in [0.15, 0.2) is 0 Å². The first-order valence-corrected chi connectivity index (χ1v) is 5.58. The maximum atomic E-state index is 11.2. The molecule has 0 aromatic carbocycles. The Bertz CT molecular complexity index is 239. The summed E-state index contributed by atoms with van der Waals surface area (Å²) in [6, 6.07) is -0.551. The van der Waals surface area contributed by atoms with Crippen molar-refractivity contribution in [3.63, 3.8) is 0 Å². The van der Waals surface area contributed by atoms with Gasteiger partial charge in [-0.15, -0.1) is 0 Å². The number of nitrogens with one attached hydrogen (secondary N) is 1. The van der Waals surface area contributed by atoms with E-state index in [0.717, 1.165) is 6.42 Å². The highest BCUT2D eigenvalue weighted by atomic mass is 16.4. The van der Waals surface area contributed by atoms with Crippen molar-refractivity contribution in [1.82, 2.24) is 5.32 Å². The lowest BCUT2D eigenvalue weighted by molar-refractivity contribution is -0.138. The third kappa shape index (κ3) is 7.23. The summed E-state index contributed by atoms with van der Waals surface area (Å²) in [6.45, 7) is 6.04. The van der Waals surface area contributed by atoms with Crippen LogP contribution in [0.25, 0.3) is 0 Å². The highest BCUT2D eigenvalue weighted by molar-refractivity contribution is 5.81. The molecule has 0 aromatic rings. The van der Waals surface area contributed by atoms with Crippen molar-refractivity contribution >= 4 is 11.9 Å². The highest BCUT2D eigenvalue weighted by Crippen LogP contribution is 2.14. The van der Waals surface area contributed by atoms with E-state index < -0.39 is 12.0 Å². The minimum atomic E-state index is -0.833. The molecule has 94 valence electrons. The summed E-state index contributed by atoms with van der Waals surface area (Å²) in [6.07, 6.45) is 0.864. The van der Waals surface area contributed by atoms with Gasteiger partial charge in [-0.25, -0.2) is 0 Å². The van der Waals surface area contributed by atoms with Crippen LogP contribution in [-0.2, 0) is 9.59 Å². The van der Waals surface area contributed by atoms with Gasteiger partial charge in [0.25, 0.3) is 0 Å². The molecule has 1 amide bonds. The average molecular weight is 230 g/mol. The number of nitrogens with two attached hydrogens (primary N) is 1. The Morgan fingerprint density at radius 2 is 1.88 bits per heavy atom. The molecule has 16 heavy (non-hydrogen) atoms. The Labute approximate surface area is 96.4 Å². The topological polar surface area (TPSA) is 92.4 Å². The lowest BCUT2D eigenvalue weighted by Gasteiger charge is -2.18. The van der Waals surface area contributed by atoms with Gasteiger partial charge in [0.1, 0.15) is 0 Å². The number of hydrogen-bond donors (Lipinski definition) is 3. The van der Waals surface area contributed by atoms with Crippen LogP contribution < -0.4 is 11.1 Å². The van der Waals surface area contributed by atoms with E-state index in [4.69, 9.17) is 10.8 Å². The quantitative estimate of drug-likeness (QED) is 0.596. The van der Waals surface area contributed by atoms with Crippen molar-refractivity contribution < 1.29 is 14.7 Å². The van der Waals surface area contributed by atoms with Gasteiger partial charge >= 0.3 is 5.97 Å². The zero-order chi connectivity index (χ0) is 12.7. The summed E-state index contributed by atoms with van der Waals surface area (Å²) >= 11 is 0. The molecule has 2 atom stereocenters. The molecule has 0 aliphatic rings. The van der Waals surface area contributed by atoms with E-state index in [0.29, 0.717) is 12.5 Å². The molecule has 0 fully saturated rings. The van der Waals surface area contributed by atoms with E-state index in [-0.39, 0.29) is 18.2 Å². The largest absolute Gasteiger partial charge is 0.481 e. The zero-order valence-corrected chi connectivity index (χ0v) is 10.2. The summed E-state index contributed by atoms with van der Waals surface area (Å²) in [4.78, 5) is 21.9. The van der Waals surface area contributed by atoms with Gasteiger partial charge in [0.05, 0.1) is 6.04 Å². The number of aliphatic carboxylic acids is 1. The fraction of sp³-hybridized carbons (Fsp3) is 0.818. The van der Waals surface area contributed by atoms with Gasteiger partial charge in [0.2, 0.25) is 5.91 Å². The fourth-order valence-electron chi connectivity index (χ4n) is 1.56. The molecule has 0 saturated carbocycles. The number of amides is 1. The molecule has 0 heterocycles. The molecule has 0 rings (SSSR count). The smallest absolute Gasteiger partial charge is 0.303 e. The van der Waals surface area contributed by atoms with Gasteiger partial charge in [-0.3, -0.25) is 9.59 Å². The van der Waals surface area contributed by atoms with Crippen LogP contribution in [0.5, 0.6) is 0 Å². The number of carboxylic acid groups (broad SMARTS) is 1. The van der Waals surface area contributed by atoms with Gasteiger partial charge in [-0.1, -0.05) is 13.8 Å². The van der Waals surface area contributed by atoms with Crippen LogP contribution in [0.3, 0.4) is 0 Å². The fourth-order valence-corrected chi connectivity index (χ4v) is 1.56. The van der Waals surface area contributed by atoms with Gasteiger partial charge in [0, 0.05) is 13.0 Å². The monoisotopic (exact) mass is 230 g/mol. The first-order valence-electron chi connectivity index (χ1n) is 5.58. The predicted octanol–water partition coefficient (Wildman–Crippen LogP) is 0.587. The Morgan fingerprint density at radius 3 is 2.25 bits per heavy atom. The SMILES string of the molecule is CC(C)CC(CNC(=O)C(C)N)CC(=O)O. The van der Waals surface area contributed by atoms with Crippen LogP contribution in [0.15, 0.2) is 0 Å². The molecule has 5 heteroatoms. The van der Waals surface area contributed by atoms with Crippen LogP contribution in [0, 0.1) is 11.8 Å². The summed E-state index contributed by atoms with van der Waals surface area (Å²) in [5.74, 6) is -0.684. The third-order valence-electron chi connectivity index (χ3n) is 2.25. The molecule has 0 aliphatic heterocycles. The van der Waals surface area contributed by atoms with E-state index in [1.54, 1.807) is 6.92 Å². The molecule has 0 aliphatic carbocycles. The normalized spacial score (nSPS) is 14.6. The Kier molecular flexibility index (Phi) is 6.72. The number of hydrogen-bond acceptors (Lipinski definition) is 3. The summed E-state index contributed by atoms with van der Waals surface area (Å²) in [7, 11) is 0. The summed E-state index contributed by atoms with van der Waals surface area (Å²) in [5.41, 5.74) is 5.40. The minimum absolute atomic E-state index is 0.0276. The van der Waals surface area contributed by atoms with Crippen molar-refractivity contribution in [3.8, 4) is 0 Å². The van der Waals surface area contributed by atoms with Crippen molar-refractivity contribution in [3.05, 3.63) is 0 Å². The van der Waals surface area contributed by atoms with Crippen LogP contribution in [0.2, 0.25) is 0 Å². The van der Waals surface area contributed by atoms with E-state index >= 15 is 0 Å². The standard InChI is InChI=1S/C11H22N2O3/c1-7(2)4-9(5-10(14)15)6-13-11(16)8(3)12/h7-9H,4-6,12H2,1-3H3,(H,13,16)(H,14,15). The number of rotatable bonds is 7. The second-order valence-corrected chi connectivity index (χ2v) is 4.63. The van der Waals surface area contributed by atoms with Gasteiger partial charge < -0.3 is 16.2 Å². The van der Waals surface area contributed by atoms with Crippen LogP contribution >= 0.6 is 0 Å². The second-order valence-electron chi connectivity index (χ2n) is 4.63. The second kappa shape index (κ2) is 7.22.